The van der Waals surface area contributed by atoms with Gasteiger partial charge in [-0.3, -0.25) is 0 Å². The Balaban J connectivity index is 2.02. The number of rotatable bonds is 4. The maximum Gasteiger partial charge on any atom is 0.321 e. The zero-order chi connectivity index (χ0) is 16.4. The third-order valence-electron chi connectivity index (χ3n) is 2.97. The van der Waals surface area contributed by atoms with Crippen LogP contribution in [0.1, 0.15) is 26.7 Å². The van der Waals surface area contributed by atoms with Crippen molar-refractivity contribution < 1.29 is 9.47 Å². The Kier molecular flexibility index (Phi) is 4.68. The molecule has 0 saturated carbocycles. The number of halogens is 2. The first-order valence-electron chi connectivity index (χ1n) is 7.31. The Morgan fingerprint density at radius 3 is 2.26 bits per heavy atom. The van der Waals surface area contributed by atoms with Crippen molar-refractivity contribution in [2.45, 2.75) is 26.7 Å². The second kappa shape index (κ2) is 6.72. The minimum Gasteiger partial charge on any atom is -0.463 e. The Bertz CT molecular complexity index is 706. The molecule has 0 atom stereocenters. The average molecular weight is 356 g/mol. The summed E-state index contributed by atoms with van der Waals surface area (Å²) >= 11 is 12.5. The molecule has 0 aromatic rings. The highest BCUT2D eigenvalue weighted by Crippen LogP contribution is 2.32. The van der Waals surface area contributed by atoms with Crippen LogP contribution in [-0.4, -0.2) is 42.0 Å². The number of allylic oxidation sites excluding steroid dienone is 2. The van der Waals surface area contributed by atoms with Crippen LogP contribution >= 0.6 is 23.2 Å². The molecule has 9 heteroatoms. The monoisotopic (exact) mass is 355 g/mol. The second-order valence-corrected chi connectivity index (χ2v) is 5.65. The Hall–Kier alpha value is -1.86. The van der Waals surface area contributed by atoms with E-state index in [1.165, 1.54) is 0 Å². The predicted molar refractivity (Wildman–Crippen MR) is 90.9 cm³/mol. The molecule has 0 aliphatic carbocycles. The lowest BCUT2D eigenvalue weighted by Crippen LogP contribution is -2.43. The van der Waals surface area contributed by atoms with Gasteiger partial charge in [0.25, 0.3) is 0 Å². The lowest BCUT2D eigenvalue weighted by molar-refractivity contribution is 0.295. The fourth-order valence-corrected chi connectivity index (χ4v) is 2.52. The molecule has 122 valence electrons. The summed E-state index contributed by atoms with van der Waals surface area (Å²) in [5.74, 6) is 1.19. The molecular formula is C14H15Cl2N5O2. The number of amidine groups is 3. The van der Waals surface area contributed by atoms with Crippen molar-refractivity contribution in [3.8, 4) is 0 Å². The molecule has 3 aliphatic rings. The van der Waals surface area contributed by atoms with Crippen molar-refractivity contribution in [1.29, 1.82) is 0 Å². The van der Waals surface area contributed by atoms with E-state index in [1.54, 1.807) is 11.0 Å². The van der Waals surface area contributed by atoms with Gasteiger partial charge in [0.15, 0.2) is 11.7 Å². The normalized spacial score (nSPS) is 19.3. The van der Waals surface area contributed by atoms with Gasteiger partial charge in [-0.25, -0.2) is 4.90 Å². The Morgan fingerprint density at radius 1 is 0.957 bits per heavy atom. The van der Waals surface area contributed by atoms with E-state index in [-0.39, 0.29) is 12.0 Å². The third kappa shape index (κ3) is 3.11. The number of hydrogen-bond acceptors (Lipinski definition) is 7. The summed E-state index contributed by atoms with van der Waals surface area (Å²) in [4.78, 5) is 18.8. The topological polar surface area (TPSA) is 71.1 Å². The highest BCUT2D eigenvalue weighted by Gasteiger charge is 2.36. The van der Waals surface area contributed by atoms with E-state index in [0.717, 1.165) is 12.8 Å². The average Bonchev–Trinajstić information content (AvgIpc) is 2.55. The van der Waals surface area contributed by atoms with E-state index in [9.17, 15) is 0 Å². The van der Waals surface area contributed by atoms with Gasteiger partial charge in [0.1, 0.15) is 0 Å². The van der Waals surface area contributed by atoms with Crippen molar-refractivity contribution in [2.24, 2.45) is 20.0 Å². The van der Waals surface area contributed by atoms with Crippen molar-refractivity contribution >= 4 is 47.0 Å². The maximum atomic E-state index is 6.24. The SMILES string of the molecule is CCCOC1=NC2=NC(OCCC)=NC3=C(Cl)C=C(Cl)C(=N1)N23. The van der Waals surface area contributed by atoms with Gasteiger partial charge in [-0.2, -0.15) is 20.0 Å². The molecule has 0 aromatic heterocycles. The molecule has 0 N–H and O–H groups in total. The van der Waals surface area contributed by atoms with Gasteiger partial charge >= 0.3 is 12.0 Å². The molecule has 7 nitrogen and oxygen atoms in total. The highest BCUT2D eigenvalue weighted by molar-refractivity contribution is 6.48. The number of ether oxygens (including phenoxy) is 2. The summed E-state index contributed by atoms with van der Waals surface area (Å²) in [6.45, 7) is 5.00. The van der Waals surface area contributed by atoms with Crippen LogP contribution in [0.4, 0.5) is 0 Å². The number of nitrogens with zero attached hydrogens (tertiary/aromatic N) is 5. The molecule has 3 heterocycles. The molecule has 0 aromatic carbocycles. The molecule has 0 bridgehead atoms. The zero-order valence-electron chi connectivity index (χ0n) is 12.7. The smallest absolute Gasteiger partial charge is 0.321 e. The quantitative estimate of drug-likeness (QED) is 0.777. The molecule has 3 aliphatic heterocycles. The highest BCUT2D eigenvalue weighted by atomic mass is 35.5. The van der Waals surface area contributed by atoms with Crippen molar-refractivity contribution in [3.05, 3.63) is 22.0 Å². The maximum absolute atomic E-state index is 6.24. The lowest BCUT2D eigenvalue weighted by atomic mass is 10.3. The molecule has 0 unspecified atom stereocenters. The van der Waals surface area contributed by atoms with Crippen LogP contribution in [0.15, 0.2) is 41.9 Å². The van der Waals surface area contributed by atoms with Crippen LogP contribution in [0.5, 0.6) is 0 Å². The molecule has 0 radical (unpaired) electrons. The summed E-state index contributed by atoms with van der Waals surface area (Å²) < 4.78 is 11.0. The summed E-state index contributed by atoms with van der Waals surface area (Å²) in [7, 11) is 0. The van der Waals surface area contributed by atoms with Crippen LogP contribution in [0.3, 0.4) is 0 Å². The fourth-order valence-electron chi connectivity index (χ4n) is 1.99. The second-order valence-electron chi connectivity index (χ2n) is 4.83. The molecule has 0 amide bonds. The van der Waals surface area contributed by atoms with Crippen LogP contribution in [-0.2, 0) is 9.47 Å². The molecule has 0 fully saturated rings. The van der Waals surface area contributed by atoms with Crippen LogP contribution in [0, 0.1) is 0 Å². The van der Waals surface area contributed by atoms with Gasteiger partial charge in [-0.1, -0.05) is 37.0 Å². The molecule has 3 rings (SSSR count). The Labute approximate surface area is 143 Å². The van der Waals surface area contributed by atoms with E-state index in [4.69, 9.17) is 32.7 Å². The van der Waals surface area contributed by atoms with Crippen molar-refractivity contribution in [1.82, 2.24) is 4.90 Å². The van der Waals surface area contributed by atoms with Crippen LogP contribution in [0.25, 0.3) is 0 Å². The minimum absolute atomic E-state index is 0.206. The summed E-state index contributed by atoms with van der Waals surface area (Å²) in [5, 5.41) is 0.735. The summed E-state index contributed by atoms with van der Waals surface area (Å²) in [6.07, 6.45) is 3.26. The van der Waals surface area contributed by atoms with Gasteiger partial charge in [-0.15, -0.1) is 0 Å². The van der Waals surface area contributed by atoms with E-state index in [1.807, 2.05) is 13.8 Å². The molecule has 0 spiro atoms. The van der Waals surface area contributed by atoms with Crippen molar-refractivity contribution in [2.75, 3.05) is 13.2 Å². The lowest BCUT2D eigenvalue weighted by Gasteiger charge is -2.32. The number of aliphatic imine (C=N–C) groups is 4. The van der Waals surface area contributed by atoms with Gasteiger partial charge in [0, 0.05) is 0 Å². The minimum atomic E-state index is 0.206. The summed E-state index contributed by atoms with van der Waals surface area (Å²) in [6, 6.07) is 0.412. The van der Waals surface area contributed by atoms with Gasteiger partial charge in [-0.05, 0) is 18.9 Å². The van der Waals surface area contributed by atoms with E-state index in [2.05, 4.69) is 20.0 Å². The van der Waals surface area contributed by atoms with Crippen LogP contribution < -0.4 is 0 Å². The molecular weight excluding hydrogens is 341 g/mol. The van der Waals surface area contributed by atoms with E-state index >= 15 is 0 Å². The first kappa shape index (κ1) is 16.0. The first-order valence-corrected chi connectivity index (χ1v) is 8.07. The van der Waals surface area contributed by atoms with E-state index in [0.29, 0.717) is 40.9 Å². The number of guanidine groups is 1. The molecule has 23 heavy (non-hydrogen) atoms. The fraction of sp³-hybridized carbons (Fsp3) is 0.429. The first-order chi connectivity index (χ1) is 11.1. The third-order valence-corrected chi connectivity index (χ3v) is 3.53. The molecule has 0 saturated heterocycles. The van der Waals surface area contributed by atoms with Gasteiger partial charge < -0.3 is 9.47 Å². The largest absolute Gasteiger partial charge is 0.463 e. The predicted octanol–water partition coefficient (Wildman–Crippen LogP) is 3.18. The standard InChI is InChI=1S/C14H15Cl2N5O2/c1-3-5-22-13-17-10-8(15)7-9(16)11-18-14(23-6-4-2)20-12(19-13)21(10)11/h7H,3-6H2,1-2H3. The van der Waals surface area contributed by atoms with Gasteiger partial charge in [0.2, 0.25) is 5.96 Å². The van der Waals surface area contributed by atoms with Gasteiger partial charge in [0.05, 0.1) is 23.3 Å². The van der Waals surface area contributed by atoms with Crippen molar-refractivity contribution in [3.63, 3.8) is 0 Å². The summed E-state index contributed by atoms with van der Waals surface area (Å²) in [5.41, 5.74) is 0. The Morgan fingerprint density at radius 2 is 1.61 bits per heavy atom. The number of hydrogen-bond donors (Lipinski definition) is 0. The zero-order valence-corrected chi connectivity index (χ0v) is 14.2. The van der Waals surface area contributed by atoms with Crippen LogP contribution in [0.2, 0.25) is 0 Å². The van der Waals surface area contributed by atoms with E-state index < -0.39 is 0 Å².